The van der Waals surface area contributed by atoms with Crippen LogP contribution in [0.15, 0.2) is 48.7 Å². The molecule has 0 bridgehead atoms. The first-order chi connectivity index (χ1) is 15.4. The van der Waals surface area contributed by atoms with E-state index in [1.54, 1.807) is 4.90 Å². The van der Waals surface area contributed by atoms with Crippen LogP contribution in [0.25, 0.3) is 0 Å². The number of hydrogen-bond donors (Lipinski definition) is 2. The number of aromatic nitrogens is 1. The third-order valence-electron chi connectivity index (χ3n) is 6.65. The number of rotatable bonds is 7. The molecule has 2 aromatic rings. The SMILES string of the molecule is CC[C@@H](C)C(=O)N[C@@H]1C(=O)N2c3c(ccc[n+]3C1C)C[C@H]2CNC(=O)Cc1ccccc1. The lowest BCUT2D eigenvalue weighted by molar-refractivity contribution is -0.711. The van der Waals surface area contributed by atoms with E-state index in [1.165, 1.54) is 0 Å². The van der Waals surface area contributed by atoms with E-state index in [9.17, 15) is 14.4 Å². The molecule has 1 aromatic heterocycles. The van der Waals surface area contributed by atoms with Crippen molar-refractivity contribution in [3.8, 4) is 0 Å². The number of anilines is 1. The Morgan fingerprint density at radius 3 is 2.66 bits per heavy atom. The molecule has 1 aromatic carbocycles. The maximum Gasteiger partial charge on any atom is 0.336 e. The molecule has 2 aliphatic heterocycles. The highest BCUT2D eigenvalue weighted by Crippen LogP contribution is 2.34. The summed E-state index contributed by atoms with van der Waals surface area (Å²) in [6.45, 7) is 6.16. The molecule has 3 amide bonds. The molecular weight excluding hydrogens is 404 g/mol. The average Bonchev–Trinajstić information content (AvgIpc) is 3.18. The van der Waals surface area contributed by atoms with Gasteiger partial charge in [0.2, 0.25) is 11.8 Å². The van der Waals surface area contributed by atoms with Gasteiger partial charge in [-0.2, -0.15) is 4.90 Å². The lowest BCUT2D eigenvalue weighted by atomic mass is 10.0. The third-order valence-corrected chi connectivity index (χ3v) is 6.65. The second kappa shape index (κ2) is 9.10. The first kappa shape index (κ1) is 22.0. The number of nitrogens with zero attached hydrogens (tertiary/aromatic N) is 2. The summed E-state index contributed by atoms with van der Waals surface area (Å²) >= 11 is 0. The largest absolute Gasteiger partial charge is 0.352 e. The van der Waals surface area contributed by atoms with Crippen molar-refractivity contribution in [2.24, 2.45) is 5.92 Å². The molecule has 32 heavy (non-hydrogen) atoms. The van der Waals surface area contributed by atoms with Gasteiger partial charge in [-0.25, -0.2) is 9.36 Å². The van der Waals surface area contributed by atoms with E-state index in [-0.39, 0.29) is 35.7 Å². The molecule has 4 rings (SSSR count). The molecule has 0 saturated carbocycles. The number of carbonyl (C=O) groups is 3. The molecule has 4 atom stereocenters. The van der Waals surface area contributed by atoms with Crippen molar-refractivity contribution in [1.29, 1.82) is 0 Å². The monoisotopic (exact) mass is 435 g/mol. The van der Waals surface area contributed by atoms with Crippen molar-refractivity contribution in [1.82, 2.24) is 10.6 Å². The average molecular weight is 436 g/mol. The Labute approximate surface area is 188 Å². The van der Waals surface area contributed by atoms with Gasteiger partial charge in [0.25, 0.3) is 5.82 Å². The van der Waals surface area contributed by atoms with Crippen LogP contribution in [0.2, 0.25) is 0 Å². The van der Waals surface area contributed by atoms with E-state index in [0.717, 1.165) is 23.4 Å². The third kappa shape index (κ3) is 4.11. The van der Waals surface area contributed by atoms with E-state index in [1.807, 2.05) is 69.4 Å². The van der Waals surface area contributed by atoms with E-state index >= 15 is 0 Å². The predicted octanol–water partition coefficient (Wildman–Crippen LogP) is 1.70. The van der Waals surface area contributed by atoms with Gasteiger partial charge in [-0.3, -0.25) is 9.59 Å². The summed E-state index contributed by atoms with van der Waals surface area (Å²) in [6.07, 6.45) is 3.65. The van der Waals surface area contributed by atoms with Crippen LogP contribution in [0.1, 0.15) is 44.4 Å². The Morgan fingerprint density at radius 2 is 1.94 bits per heavy atom. The second-order valence-corrected chi connectivity index (χ2v) is 8.83. The fourth-order valence-electron chi connectivity index (χ4n) is 4.55. The Morgan fingerprint density at radius 1 is 1.19 bits per heavy atom. The molecule has 0 spiro atoms. The molecular formula is C25H31N4O3+. The molecule has 7 nitrogen and oxygen atoms in total. The molecule has 3 heterocycles. The molecule has 0 fully saturated rings. The summed E-state index contributed by atoms with van der Waals surface area (Å²) in [5, 5.41) is 5.98. The highest BCUT2D eigenvalue weighted by atomic mass is 16.2. The Bertz CT molecular complexity index is 1020. The number of nitrogens with one attached hydrogen (secondary N) is 2. The number of pyridine rings is 1. The summed E-state index contributed by atoms with van der Waals surface area (Å²) in [5.41, 5.74) is 2.04. The van der Waals surface area contributed by atoms with E-state index in [4.69, 9.17) is 0 Å². The van der Waals surface area contributed by atoms with Crippen molar-refractivity contribution < 1.29 is 19.0 Å². The van der Waals surface area contributed by atoms with Crippen molar-refractivity contribution in [3.63, 3.8) is 0 Å². The zero-order chi connectivity index (χ0) is 22.8. The van der Waals surface area contributed by atoms with E-state index < -0.39 is 6.04 Å². The molecule has 0 radical (unpaired) electrons. The highest BCUT2D eigenvalue weighted by molar-refractivity contribution is 6.01. The van der Waals surface area contributed by atoms with Gasteiger partial charge < -0.3 is 10.6 Å². The molecule has 2 aliphatic rings. The number of carbonyl (C=O) groups excluding carboxylic acids is 3. The fraction of sp³-hybridized carbons (Fsp3) is 0.440. The van der Waals surface area contributed by atoms with Crippen LogP contribution in [0, 0.1) is 5.92 Å². The molecule has 7 heteroatoms. The van der Waals surface area contributed by atoms with Crippen molar-refractivity contribution in [2.75, 3.05) is 11.4 Å². The quantitative estimate of drug-likeness (QED) is 0.650. The maximum absolute atomic E-state index is 13.5. The van der Waals surface area contributed by atoms with Crippen molar-refractivity contribution in [3.05, 3.63) is 59.8 Å². The molecule has 2 N–H and O–H groups in total. The smallest absolute Gasteiger partial charge is 0.336 e. The van der Waals surface area contributed by atoms with Crippen LogP contribution in [0.5, 0.6) is 0 Å². The van der Waals surface area contributed by atoms with Crippen LogP contribution < -0.4 is 20.1 Å². The van der Waals surface area contributed by atoms with E-state index in [0.29, 0.717) is 19.4 Å². The van der Waals surface area contributed by atoms with Gasteiger partial charge >= 0.3 is 5.91 Å². The van der Waals surface area contributed by atoms with Gasteiger partial charge in [-0.1, -0.05) is 44.2 Å². The molecule has 168 valence electrons. The molecule has 1 unspecified atom stereocenters. The van der Waals surface area contributed by atoms with Crippen molar-refractivity contribution >= 4 is 23.5 Å². The zero-order valence-electron chi connectivity index (χ0n) is 18.9. The fourth-order valence-corrected chi connectivity index (χ4v) is 4.55. The van der Waals surface area contributed by atoms with Gasteiger partial charge in [0, 0.05) is 17.9 Å². The second-order valence-electron chi connectivity index (χ2n) is 8.83. The van der Waals surface area contributed by atoms with Gasteiger partial charge in [0.15, 0.2) is 6.04 Å². The molecule has 0 aliphatic carbocycles. The van der Waals surface area contributed by atoms with Crippen LogP contribution in [0.4, 0.5) is 5.82 Å². The van der Waals surface area contributed by atoms with E-state index in [2.05, 4.69) is 15.2 Å². The molecule has 0 saturated heterocycles. The predicted molar refractivity (Wildman–Crippen MR) is 121 cm³/mol. The summed E-state index contributed by atoms with van der Waals surface area (Å²) < 4.78 is 2.07. The van der Waals surface area contributed by atoms with Crippen LogP contribution in [-0.2, 0) is 27.2 Å². The summed E-state index contributed by atoms with van der Waals surface area (Å²) in [6, 6.07) is 12.6. The Kier molecular flexibility index (Phi) is 6.26. The lowest BCUT2D eigenvalue weighted by Crippen LogP contribution is -2.66. The maximum atomic E-state index is 13.5. The first-order valence-corrected chi connectivity index (χ1v) is 11.4. The van der Waals surface area contributed by atoms with Crippen LogP contribution in [0.3, 0.4) is 0 Å². The Hall–Kier alpha value is -3.22. The summed E-state index contributed by atoms with van der Waals surface area (Å²) in [7, 11) is 0. The minimum absolute atomic E-state index is 0.0699. The Balaban J connectivity index is 1.51. The summed E-state index contributed by atoms with van der Waals surface area (Å²) in [5.74, 6) is 0.437. The number of benzene rings is 1. The normalized spacial score (nSPS) is 22.3. The lowest BCUT2D eigenvalue weighted by Gasteiger charge is -2.33. The van der Waals surface area contributed by atoms with Crippen LogP contribution in [-0.4, -0.2) is 36.3 Å². The minimum Gasteiger partial charge on any atom is -0.352 e. The van der Waals surface area contributed by atoms with Gasteiger partial charge in [0.05, 0.1) is 19.2 Å². The van der Waals surface area contributed by atoms with Crippen molar-refractivity contribution in [2.45, 2.75) is 58.2 Å². The number of hydrogen-bond acceptors (Lipinski definition) is 3. The first-order valence-electron chi connectivity index (χ1n) is 11.4. The minimum atomic E-state index is -0.634. The highest BCUT2D eigenvalue weighted by Gasteiger charge is 2.53. The number of amides is 3. The van der Waals surface area contributed by atoms with Gasteiger partial charge in [-0.15, -0.1) is 0 Å². The van der Waals surface area contributed by atoms with Gasteiger partial charge in [-0.05, 0) is 31.0 Å². The zero-order valence-corrected chi connectivity index (χ0v) is 18.9. The van der Waals surface area contributed by atoms with Crippen LogP contribution >= 0.6 is 0 Å². The topological polar surface area (TPSA) is 82.4 Å². The summed E-state index contributed by atoms with van der Waals surface area (Å²) in [4.78, 5) is 40.4. The standard InChI is InChI=1S/C25H30N4O3/c1-4-16(2)23(31)27-22-17(3)28-12-8-11-19-14-20(29(24(19)28)25(22)32)15-26-21(30)13-18-9-6-5-7-10-18/h5-12,16-17,20,22H,4,13-15H2,1-3H3,(H-,26,27,30,31)/p+1/t16-,17?,20+,22+/m1/s1. The van der Waals surface area contributed by atoms with Gasteiger partial charge in [0.1, 0.15) is 12.1 Å².